The third kappa shape index (κ3) is 4.17. The molecule has 1 aliphatic rings. The molecule has 1 aliphatic heterocycles. The molecule has 0 aliphatic carbocycles. The van der Waals surface area contributed by atoms with Gasteiger partial charge in [0.1, 0.15) is 17.3 Å². The third-order valence-electron chi connectivity index (χ3n) is 5.09. The van der Waals surface area contributed by atoms with E-state index in [1.54, 1.807) is 0 Å². The first-order chi connectivity index (χ1) is 13.7. The van der Waals surface area contributed by atoms with E-state index in [0.717, 1.165) is 48.9 Å². The fourth-order valence-electron chi connectivity index (χ4n) is 3.54. The number of rotatable bonds is 4. The molecule has 1 aromatic heterocycles. The third-order valence-corrected chi connectivity index (χ3v) is 5.09. The second-order valence-corrected chi connectivity index (χ2v) is 7.03. The number of anilines is 1. The summed E-state index contributed by atoms with van der Waals surface area (Å²) in [4.78, 5) is 18.9. The molecule has 1 saturated heterocycles. The zero-order valence-electron chi connectivity index (χ0n) is 15.9. The van der Waals surface area contributed by atoms with Crippen molar-refractivity contribution in [1.29, 1.82) is 0 Å². The van der Waals surface area contributed by atoms with E-state index in [2.05, 4.69) is 14.9 Å². The highest BCUT2D eigenvalue weighted by Gasteiger charge is 2.25. The van der Waals surface area contributed by atoms with Gasteiger partial charge in [-0.1, -0.05) is 18.2 Å². The number of imidazole rings is 1. The molecule has 28 heavy (non-hydrogen) atoms. The Hall–Kier alpha value is -3.28. The molecule has 0 radical (unpaired) electrons. The summed E-state index contributed by atoms with van der Waals surface area (Å²) in [6.07, 6.45) is 5.67. The molecule has 2 heterocycles. The van der Waals surface area contributed by atoms with Gasteiger partial charge in [0.15, 0.2) is 0 Å². The first-order valence-electron chi connectivity index (χ1n) is 9.55. The number of ether oxygens (including phenoxy) is 1. The lowest BCUT2D eigenvalue weighted by Gasteiger charge is -2.31. The van der Waals surface area contributed by atoms with E-state index >= 15 is 0 Å². The zero-order chi connectivity index (χ0) is 19.3. The summed E-state index contributed by atoms with van der Waals surface area (Å²) >= 11 is 0. The lowest BCUT2D eigenvalue weighted by molar-refractivity contribution is 0.193. The summed E-state index contributed by atoms with van der Waals surface area (Å²) in [6, 6.07) is 17.0. The Labute approximate surface area is 164 Å². The van der Waals surface area contributed by atoms with Gasteiger partial charge in [-0.25, -0.2) is 9.78 Å². The van der Waals surface area contributed by atoms with Crippen LogP contribution in [0, 0.1) is 0 Å². The average molecular weight is 376 g/mol. The second-order valence-electron chi connectivity index (χ2n) is 7.03. The Balaban J connectivity index is 1.30. The van der Waals surface area contributed by atoms with Crippen molar-refractivity contribution in [1.82, 2.24) is 14.5 Å². The summed E-state index contributed by atoms with van der Waals surface area (Å²) in [6.45, 7) is 1.47. The van der Waals surface area contributed by atoms with Crippen LogP contribution in [0.5, 0.6) is 11.5 Å². The van der Waals surface area contributed by atoms with Crippen LogP contribution in [0.4, 0.5) is 10.5 Å². The minimum absolute atomic E-state index is 0.0602. The van der Waals surface area contributed by atoms with Crippen molar-refractivity contribution in [3.8, 4) is 11.5 Å². The number of benzene rings is 2. The van der Waals surface area contributed by atoms with Crippen LogP contribution in [0.15, 0.2) is 67.0 Å². The van der Waals surface area contributed by atoms with E-state index < -0.39 is 0 Å². The summed E-state index contributed by atoms with van der Waals surface area (Å²) in [5.41, 5.74) is 0.761. The lowest BCUT2D eigenvalue weighted by atomic mass is 9.96. The minimum Gasteiger partial charge on any atom is -0.457 e. The van der Waals surface area contributed by atoms with Crippen molar-refractivity contribution in [2.24, 2.45) is 7.05 Å². The molecule has 6 heteroatoms. The predicted octanol–water partition coefficient (Wildman–Crippen LogP) is 4.62. The standard InChI is InChI=1S/C22H24N4O2/c1-25-16-13-23-21(25)17-11-14-26(15-12-17)22(27)24-18-7-9-20(10-8-18)28-19-5-3-2-4-6-19/h2-10,13,16-17H,11-12,14-15H2,1H3,(H,24,27). The van der Waals surface area contributed by atoms with Crippen LogP contribution in [-0.2, 0) is 7.05 Å². The predicted molar refractivity (Wildman–Crippen MR) is 109 cm³/mol. The maximum Gasteiger partial charge on any atom is 0.321 e. The fraction of sp³-hybridized carbons (Fsp3) is 0.273. The normalized spacial score (nSPS) is 14.7. The number of nitrogens with one attached hydrogen (secondary N) is 1. The van der Waals surface area contributed by atoms with E-state index in [-0.39, 0.29) is 6.03 Å². The van der Waals surface area contributed by atoms with Gasteiger partial charge < -0.3 is 19.5 Å². The van der Waals surface area contributed by atoms with Gasteiger partial charge in [-0.2, -0.15) is 0 Å². The van der Waals surface area contributed by atoms with Gasteiger partial charge in [-0.3, -0.25) is 0 Å². The number of amides is 2. The molecular formula is C22H24N4O2. The topological polar surface area (TPSA) is 59.4 Å². The Morgan fingerprint density at radius 3 is 2.36 bits per heavy atom. The molecule has 1 fully saturated rings. The van der Waals surface area contributed by atoms with E-state index in [9.17, 15) is 4.79 Å². The van der Waals surface area contributed by atoms with Crippen molar-refractivity contribution >= 4 is 11.7 Å². The second kappa shape index (κ2) is 8.17. The summed E-state index contributed by atoms with van der Waals surface area (Å²) in [5, 5.41) is 2.97. The van der Waals surface area contributed by atoms with Crippen LogP contribution in [0.3, 0.4) is 0 Å². The van der Waals surface area contributed by atoms with Gasteiger partial charge in [0, 0.05) is 44.1 Å². The van der Waals surface area contributed by atoms with Crippen molar-refractivity contribution in [2.45, 2.75) is 18.8 Å². The molecule has 2 aromatic carbocycles. The molecule has 4 rings (SSSR count). The number of aryl methyl sites for hydroxylation is 1. The van der Waals surface area contributed by atoms with Crippen LogP contribution in [0.2, 0.25) is 0 Å². The average Bonchev–Trinajstić information content (AvgIpc) is 3.16. The van der Waals surface area contributed by atoms with Crippen LogP contribution in [0.1, 0.15) is 24.6 Å². The largest absolute Gasteiger partial charge is 0.457 e. The Bertz CT molecular complexity index is 913. The molecular weight excluding hydrogens is 352 g/mol. The zero-order valence-corrected chi connectivity index (χ0v) is 15.9. The molecule has 2 amide bonds. The van der Waals surface area contributed by atoms with Gasteiger partial charge in [-0.05, 0) is 49.2 Å². The molecule has 0 atom stereocenters. The van der Waals surface area contributed by atoms with Crippen LogP contribution < -0.4 is 10.1 Å². The summed E-state index contributed by atoms with van der Waals surface area (Å²) in [5.74, 6) is 3.04. The number of carbonyl (C=O) groups excluding carboxylic acids is 1. The molecule has 1 N–H and O–H groups in total. The van der Waals surface area contributed by atoms with Gasteiger partial charge in [0.25, 0.3) is 0 Å². The first kappa shape index (κ1) is 18.1. The Morgan fingerprint density at radius 1 is 1.04 bits per heavy atom. The highest BCUT2D eigenvalue weighted by atomic mass is 16.5. The van der Waals surface area contributed by atoms with Crippen LogP contribution in [-0.4, -0.2) is 33.6 Å². The number of nitrogens with zero attached hydrogens (tertiary/aromatic N) is 3. The highest BCUT2D eigenvalue weighted by molar-refractivity contribution is 5.89. The SMILES string of the molecule is Cn1ccnc1C1CCN(C(=O)Nc2ccc(Oc3ccccc3)cc2)CC1. The number of hydrogen-bond acceptors (Lipinski definition) is 3. The van der Waals surface area contributed by atoms with Gasteiger partial charge in [-0.15, -0.1) is 0 Å². The summed E-state index contributed by atoms with van der Waals surface area (Å²) in [7, 11) is 2.02. The van der Waals surface area contributed by atoms with Crippen molar-refractivity contribution in [2.75, 3.05) is 18.4 Å². The Kier molecular flexibility index (Phi) is 5.28. The van der Waals surface area contributed by atoms with Gasteiger partial charge in [0.05, 0.1) is 0 Å². The van der Waals surface area contributed by atoms with Crippen molar-refractivity contribution in [3.63, 3.8) is 0 Å². The Morgan fingerprint density at radius 2 is 1.71 bits per heavy atom. The van der Waals surface area contributed by atoms with Gasteiger partial charge >= 0.3 is 6.03 Å². The molecule has 3 aromatic rings. The fourth-order valence-corrected chi connectivity index (χ4v) is 3.54. The first-order valence-corrected chi connectivity index (χ1v) is 9.55. The van der Waals surface area contributed by atoms with Crippen molar-refractivity contribution < 1.29 is 9.53 Å². The summed E-state index contributed by atoms with van der Waals surface area (Å²) < 4.78 is 7.85. The molecule has 6 nitrogen and oxygen atoms in total. The van der Waals surface area contributed by atoms with Crippen LogP contribution in [0.25, 0.3) is 0 Å². The quantitative estimate of drug-likeness (QED) is 0.722. The van der Waals surface area contributed by atoms with Gasteiger partial charge in [0.2, 0.25) is 0 Å². The van der Waals surface area contributed by atoms with E-state index in [1.165, 1.54) is 0 Å². The van der Waals surface area contributed by atoms with E-state index in [1.807, 2.05) is 78.9 Å². The number of urea groups is 1. The van der Waals surface area contributed by atoms with Crippen LogP contribution >= 0.6 is 0 Å². The number of aromatic nitrogens is 2. The number of para-hydroxylation sites is 1. The number of likely N-dealkylation sites (tertiary alicyclic amines) is 1. The molecule has 0 saturated carbocycles. The highest BCUT2D eigenvalue weighted by Crippen LogP contribution is 2.27. The smallest absolute Gasteiger partial charge is 0.321 e. The molecule has 0 bridgehead atoms. The number of piperidine rings is 1. The maximum absolute atomic E-state index is 12.6. The molecule has 0 spiro atoms. The molecule has 0 unspecified atom stereocenters. The van der Waals surface area contributed by atoms with E-state index in [0.29, 0.717) is 5.92 Å². The number of carbonyl (C=O) groups is 1. The maximum atomic E-state index is 12.6. The minimum atomic E-state index is -0.0602. The van der Waals surface area contributed by atoms with E-state index in [4.69, 9.17) is 4.74 Å². The molecule has 144 valence electrons. The number of hydrogen-bond donors (Lipinski definition) is 1. The lowest BCUT2D eigenvalue weighted by Crippen LogP contribution is -2.40. The monoisotopic (exact) mass is 376 g/mol. The van der Waals surface area contributed by atoms with Crippen molar-refractivity contribution in [3.05, 3.63) is 72.8 Å².